The van der Waals surface area contributed by atoms with Gasteiger partial charge in [0.05, 0.1) is 35.6 Å². The zero-order chi connectivity index (χ0) is 24.6. The van der Waals surface area contributed by atoms with Gasteiger partial charge in [-0.05, 0) is 30.6 Å². The molecule has 0 saturated heterocycles. The van der Waals surface area contributed by atoms with E-state index in [1.54, 1.807) is 29.5 Å². The molecule has 34 heavy (non-hydrogen) atoms. The molecule has 3 aromatic rings. The van der Waals surface area contributed by atoms with Crippen molar-refractivity contribution < 1.29 is 6.16 Å². The van der Waals surface area contributed by atoms with Crippen LogP contribution >= 0.6 is 0 Å². The lowest BCUT2D eigenvalue weighted by Gasteiger charge is -2.15. The van der Waals surface area contributed by atoms with E-state index in [9.17, 15) is 4.79 Å². The number of aryl methyl sites for hydroxylation is 1. The first-order valence-corrected chi connectivity index (χ1v) is 11.5. The lowest BCUT2D eigenvalue weighted by molar-refractivity contribution is 0.414. The molecule has 7 nitrogen and oxygen atoms in total. The van der Waals surface area contributed by atoms with Crippen molar-refractivity contribution in [1.29, 1.82) is 0 Å². The van der Waals surface area contributed by atoms with E-state index < -0.39 is 0 Å². The second kappa shape index (κ2) is 9.25. The number of fused-ring (bicyclic) bond motifs is 3. The van der Waals surface area contributed by atoms with Crippen molar-refractivity contribution in [2.75, 3.05) is 28.3 Å². The van der Waals surface area contributed by atoms with Gasteiger partial charge in [0, 0.05) is 65.0 Å². The second-order valence-corrected chi connectivity index (χ2v) is 8.87. The van der Waals surface area contributed by atoms with E-state index in [1.165, 1.54) is 5.57 Å². The Morgan fingerprint density at radius 1 is 1.41 bits per heavy atom. The number of allylic oxidation sites excluding steroid dienone is 5. The van der Waals surface area contributed by atoms with Crippen molar-refractivity contribution in [3.63, 3.8) is 0 Å². The molecule has 0 amide bonds. The lowest BCUT2D eigenvalue weighted by Crippen LogP contribution is -2.22. The molecule has 1 aliphatic rings. The van der Waals surface area contributed by atoms with Crippen LogP contribution in [0, 0.1) is 5.92 Å². The fourth-order valence-electron chi connectivity index (χ4n) is 4.39. The first-order valence-electron chi connectivity index (χ1n) is 11.5. The van der Waals surface area contributed by atoms with E-state index in [0.717, 1.165) is 57.4 Å². The highest BCUT2D eigenvalue weighted by molar-refractivity contribution is 6.06. The summed E-state index contributed by atoms with van der Waals surface area (Å²) in [5.41, 5.74) is 6.38. The minimum absolute atomic E-state index is 0. The van der Waals surface area contributed by atoms with E-state index in [4.69, 9.17) is 4.74 Å². The largest absolute Gasteiger partial charge is 0.496 e. The first kappa shape index (κ1) is 23.4. The van der Waals surface area contributed by atoms with Crippen LogP contribution in [0.5, 0.6) is 5.75 Å². The van der Waals surface area contributed by atoms with Gasteiger partial charge in [0.2, 0.25) is 0 Å². The van der Waals surface area contributed by atoms with Gasteiger partial charge in [0.25, 0.3) is 0 Å². The van der Waals surface area contributed by atoms with Crippen molar-refractivity contribution in [2.45, 2.75) is 19.8 Å². The molecule has 2 heterocycles. The van der Waals surface area contributed by atoms with Crippen LogP contribution in [0.15, 0.2) is 59.8 Å². The number of aromatic nitrogens is 3. The van der Waals surface area contributed by atoms with Gasteiger partial charge in [0.1, 0.15) is 5.75 Å². The van der Waals surface area contributed by atoms with Gasteiger partial charge >= 0.3 is 5.69 Å². The minimum Gasteiger partial charge on any atom is -0.496 e. The summed E-state index contributed by atoms with van der Waals surface area (Å²) in [5.74, 6) is 1.04. The summed E-state index contributed by atoms with van der Waals surface area (Å²) >= 11 is 0. The molecule has 0 bridgehead atoms. The number of imidazole rings is 1. The van der Waals surface area contributed by atoms with Crippen LogP contribution in [0.2, 0.25) is 0 Å². The molecule has 0 radical (unpaired) electrons. The maximum absolute atomic E-state index is 13.5. The molecule has 0 aliphatic heterocycles. The van der Waals surface area contributed by atoms with Gasteiger partial charge in [-0.15, -0.1) is 0 Å². The van der Waals surface area contributed by atoms with E-state index in [2.05, 4.69) is 35.9 Å². The highest BCUT2D eigenvalue weighted by Crippen LogP contribution is 2.49. The van der Waals surface area contributed by atoms with Crippen LogP contribution in [0.4, 0.5) is 0 Å². The van der Waals surface area contributed by atoms with Crippen LogP contribution in [0.25, 0.3) is 33.2 Å². The van der Waals surface area contributed by atoms with Crippen molar-refractivity contribution in [1.82, 2.24) is 24.3 Å². The zero-order valence-electron chi connectivity index (χ0n) is 20.8. The smallest absolute Gasteiger partial charge is 0.333 e. The van der Waals surface area contributed by atoms with E-state index in [1.807, 2.05) is 50.6 Å². The summed E-state index contributed by atoms with van der Waals surface area (Å²) in [7, 11) is 9.27. The van der Waals surface area contributed by atoms with Crippen LogP contribution in [0.1, 0.15) is 26.8 Å². The Bertz CT molecular complexity index is 1430. The topological polar surface area (TPSA) is 64.3 Å². The molecule has 1 N–H and O–H groups in total. The number of rotatable bonds is 8. The van der Waals surface area contributed by atoms with Crippen LogP contribution in [0.3, 0.4) is 0 Å². The standard InChI is InChI=1S/C27H33N5O2.H2/c1-8-9-10-18(16-30(4)5)32-26-21-12-20(22(14-28-3)19-11-17(19)2)25(34-7)13-23(21)29-15-24(26)31(6)27(32)33;/h9-10,12-16,19,28H,2,8,11H2,1,3-7H3;1H/b10-9+,18-16+,22-14+;. The maximum Gasteiger partial charge on any atom is 0.333 e. The highest BCUT2D eigenvalue weighted by Gasteiger charge is 2.33. The molecule has 2 aromatic heterocycles. The summed E-state index contributed by atoms with van der Waals surface area (Å²) < 4.78 is 9.21. The summed E-state index contributed by atoms with van der Waals surface area (Å²) in [4.78, 5) is 20.1. The van der Waals surface area contributed by atoms with Gasteiger partial charge in [-0.2, -0.15) is 0 Å². The van der Waals surface area contributed by atoms with Crippen LogP contribution in [-0.2, 0) is 7.05 Å². The third-order valence-corrected chi connectivity index (χ3v) is 6.16. The maximum atomic E-state index is 13.5. The number of ether oxygens (including phenoxy) is 1. The van der Waals surface area contributed by atoms with Gasteiger partial charge < -0.3 is 15.0 Å². The minimum atomic E-state index is -0.114. The van der Waals surface area contributed by atoms with Crippen molar-refractivity contribution in [2.24, 2.45) is 13.0 Å². The Morgan fingerprint density at radius 3 is 2.74 bits per heavy atom. The van der Waals surface area contributed by atoms with Crippen LogP contribution in [-0.4, -0.2) is 47.3 Å². The second-order valence-electron chi connectivity index (χ2n) is 8.87. The number of hydrogen-bond acceptors (Lipinski definition) is 5. The molecule has 1 aromatic carbocycles. The fraction of sp³-hybridized carbons (Fsp3) is 0.333. The van der Waals surface area contributed by atoms with Gasteiger partial charge in [-0.3, -0.25) is 14.1 Å². The number of pyridine rings is 1. The van der Waals surface area contributed by atoms with E-state index >= 15 is 0 Å². The molecule has 4 rings (SSSR count). The van der Waals surface area contributed by atoms with Crippen molar-refractivity contribution in [3.8, 4) is 5.75 Å². The normalized spacial score (nSPS) is 16.6. The quantitative estimate of drug-likeness (QED) is 0.392. The molecule has 0 spiro atoms. The molecule has 1 saturated carbocycles. The summed E-state index contributed by atoms with van der Waals surface area (Å²) in [6.07, 6.45) is 11.6. The molecule has 1 unspecified atom stereocenters. The molecule has 1 fully saturated rings. The highest BCUT2D eigenvalue weighted by atomic mass is 16.5. The molecule has 180 valence electrons. The van der Waals surface area contributed by atoms with Crippen molar-refractivity contribution >= 4 is 33.2 Å². The predicted molar refractivity (Wildman–Crippen MR) is 143 cm³/mol. The van der Waals surface area contributed by atoms with E-state index in [-0.39, 0.29) is 7.12 Å². The number of benzene rings is 1. The zero-order valence-corrected chi connectivity index (χ0v) is 20.8. The average Bonchev–Trinajstić information content (AvgIpc) is 3.48. The fourth-order valence-corrected chi connectivity index (χ4v) is 4.39. The SMILES string of the molecule is C=C1CC1/C(=C\NC)c1cc2c(cc1OC)ncc1c2n(C(/C=C/CC)=C/N(C)C)c(=O)n1C.[HH]. The van der Waals surface area contributed by atoms with Gasteiger partial charge in [-0.1, -0.05) is 25.2 Å². The van der Waals surface area contributed by atoms with Crippen molar-refractivity contribution in [3.05, 3.63) is 71.1 Å². The summed E-state index contributed by atoms with van der Waals surface area (Å²) in [6.45, 7) is 6.24. The summed E-state index contributed by atoms with van der Waals surface area (Å²) in [6, 6.07) is 4.06. The molecule has 1 aliphatic carbocycles. The molecular formula is C27H35N5O2. The number of methoxy groups -OCH3 is 1. The van der Waals surface area contributed by atoms with E-state index in [0.29, 0.717) is 5.92 Å². The van der Waals surface area contributed by atoms with Gasteiger partial charge in [-0.25, -0.2) is 4.79 Å². The number of hydrogen-bond donors (Lipinski definition) is 1. The molecule has 1 atom stereocenters. The third-order valence-electron chi connectivity index (χ3n) is 6.16. The van der Waals surface area contributed by atoms with Crippen LogP contribution < -0.4 is 15.7 Å². The lowest BCUT2D eigenvalue weighted by atomic mass is 9.98. The Kier molecular flexibility index (Phi) is 6.37. The number of nitrogens with one attached hydrogen (secondary N) is 1. The third kappa shape index (κ3) is 4.02. The predicted octanol–water partition coefficient (Wildman–Crippen LogP) is 4.61. The average molecular weight is 462 g/mol. The Hall–Kier alpha value is -3.74. The van der Waals surface area contributed by atoms with Gasteiger partial charge in [0.15, 0.2) is 0 Å². The number of nitrogens with zero attached hydrogens (tertiary/aromatic N) is 4. The molecular weight excluding hydrogens is 426 g/mol. The Labute approximate surface area is 201 Å². The molecule has 7 heteroatoms. The first-order chi connectivity index (χ1) is 16.3. The summed E-state index contributed by atoms with van der Waals surface area (Å²) in [5, 5.41) is 4.07. The Morgan fingerprint density at radius 2 is 2.15 bits per heavy atom. The Balaban J connectivity index is 0.00000342. The monoisotopic (exact) mass is 461 g/mol.